The molecule has 3 aromatic rings. The number of amides is 1. The molecule has 2 heterocycles. The minimum atomic E-state index is -0.564. The molecule has 0 saturated heterocycles. The van der Waals surface area contributed by atoms with Crippen LogP contribution >= 0.6 is 0 Å². The van der Waals surface area contributed by atoms with Crippen molar-refractivity contribution in [3.8, 4) is 5.75 Å². The Hall–Kier alpha value is -2.93. The molecule has 0 radical (unpaired) electrons. The third-order valence-corrected chi connectivity index (χ3v) is 7.38. The summed E-state index contributed by atoms with van der Waals surface area (Å²) in [7, 11) is 0. The van der Waals surface area contributed by atoms with Gasteiger partial charge in [-0.25, -0.2) is 8.78 Å². The smallest absolute Gasteiger partial charge is 0.249 e. The summed E-state index contributed by atoms with van der Waals surface area (Å²) >= 11 is 0. The van der Waals surface area contributed by atoms with Gasteiger partial charge in [0.1, 0.15) is 12.4 Å². The fourth-order valence-corrected chi connectivity index (χ4v) is 5.28. The first-order valence-electron chi connectivity index (χ1n) is 11.7. The number of fused-ring (bicyclic) bond motifs is 2. The van der Waals surface area contributed by atoms with E-state index < -0.39 is 11.7 Å². The van der Waals surface area contributed by atoms with Crippen LogP contribution in [0.25, 0.3) is 10.9 Å². The Labute approximate surface area is 191 Å². The molecule has 1 aliphatic carbocycles. The predicted molar refractivity (Wildman–Crippen MR) is 124 cm³/mol. The van der Waals surface area contributed by atoms with Gasteiger partial charge in [-0.3, -0.25) is 9.69 Å². The van der Waals surface area contributed by atoms with Gasteiger partial charge in [0.25, 0.3) is 0 Å². The molecule has 2 atom stereocenters. The minimum Gasteiger partial charge on any atom is -0.489 e. The number of carbonyl (C=O) groups excluding carboxylic acids is 1. The molecule has 0 bridgehead atoms. The van der Waals surface area contributed by atoms with Crippen molar-refractivity contribution in [2.24, 2.45) is 5.73 Å². The van der Waals surface area contributed by atoms with Crippen LogP contribution in [-0.4, -0.2) is 41.0 Å². The maximum Gasteiger partial charge on any atom is 0.249 e. The van der Waals surface area contributed by atoms with Gasteiger partial charge in [-0.15, -0.1) is 0 Å². The number of nitrogens with zero attached hydrogens (tertiary/aromatic N) is 1. The van der Waals surface area contributed by atoms with Crippen LogP contribution in [0.2, 0.25) is 0 Å². The van der Waals surface area contributed by atoms with E-state index in [9.17, 15) is 13.6 Å². The number of nitrogens with one attached hydrogen (secondary N) is 1. The molecule has 1 amide bonds. The molecular weight excluding hydrogens is 424 g/mol. The quantitative estimate of drug-likeness (QED) is 0.535. The molecule has 33 heavy (non-hydrogen) atoms. The number of aromatic nitrogens is 1. The predicted octanol–water partition coefficient (Wildman–Crippen LogP) is 4.90. The van der Waals surface area contributed by atoms with Crippen molar-refractivity contribution in [3.05, 3.63) is 64.9 Å². The van der Waals surface area contributed by atoms with E-state index >= 15 is 0 Å². The molecule has 0 unspecified atom stereocenters. The first-order chi connectivity index (χ1) is 15.9. The molecule has 1 aromatic heterocycles. The molecule has 5 nitrogen and oxygen atoms in total. The van der Waals surface area contributed by atoms with E-state index in [1.807, 2.05) is 6.20 Å². The number of hydrogen-bond donors (Lipinski definition) is 2. The van der Waals surface area contributed by atoms with Gasteiger partial charge in [0.2, 0.25) is 5.91 Å². The lowest BCUT2D eigenvalue weighted by Gasteiger charge is -2.44. The topological polar surface area (TPSA) is 71.3 Å². The Morgan fingerprint density at radius 2 is 2.06 bits per heavy atom. The molecule has 1 aliphatic heterocycles. The van der Waals surface area contributed by atoms with Gasteiger partial charge in [0.15, 0.2) is 11.6 Å². The average molecular weight is 454 g/mol. The van der Waals surface area contributed by atoms with Gasteiger partial charge >= 0.3 is 0 Å². The minimum absolute atomic E-state index is 0.0512. The zero-order valence-corrected chi connectivity index (χ0v) is 18.7. The van der Waals surface area contributed by atoms with E-state index in [2.05, 4.69) is 16.8 Å². The summed E-state index contributed by atoms with van der Waals surface area (Å²) in [5.41, 5.74) is 8.51. The number of ether oxygens (including phenoxy) is 1. The lowest BCUT2D eigenvalue weighted by Crippen LogP contribution is -2.52. The van der Waals surface area contributed by atoms with Crippen molar-refractivity contribution in [1.82, 2.24) is 9.88 Å². The van der Waals surface area contributed by atoms with Crippen molar-refractivity contribution in [1.29, 1.82) is 0 Å². The molecule has 0 spiro atoms. The van der Waals surface area contributed by atoms with Gasteiger partial charge in [-0.1, -0.05) is 13.3 Å². The molecule has 2 aliphatic rings. The summed E-state index contributed by atoms with van der Waals surface area (Å²) in [5.74, 6) is -0.860. The second-order valence-corrected chi connectivity index (χ2v) is 9.38. The van der Waals surface area contributed by atoms with Crippen molar-refractivity contribution in [2.75, 3.05) is 13.2 Å². The first kappa shape index (κ1) is 21.9. The van der Waals surface area contributed by atoms with E-state index in [0.29, 0.717) is 30.2 Å². The summed E-state index contributed by atoms with van der Waals surface area (Å²) in [6, 6.07) is 8.04. The van der Waals surface area contributed by atoms with Crippen LogP contribution < -0.4 is 10.5 Å². The van der Waals surface area contributed by atoms with Gasteiger partial charge in [0.05, 0.1) is 0 Å². The summed E-state index contributed by atoms with van der Waals surface area (Å²) in [6.45, 7) is 3.40. The van der Waals surface area contributed by atoms with E-state index in [1.54, 1.807) is 12.1 Å². The number of carbonyl (C=O) groups is 1. The van der Waals surface area contributed by atoms with Crippen LogP contribution in [0.3, 0.4) is 0 Å². The molecule has 7 heteroatoms. The zero-order chi connectivity index (χ0) is 23.1. The van der Waals surface area contributed by atoms with Gasteiger partial charge in [-0.05, 0) is 74.0 Å². The normalized spacial score (nSPS) is 19.2. The van der Waals surface area contributed by atoms with Crippen LogP contribution in [0.15, 0.2) is 36.5 Å². The molecule has 174 valence electrons. The first-order valence-corrected chi connectivity index (χ1v) is 11.7. The number of aromatic amines is 1. The fourth-order valence-electron chi connectivity index (χ4n) is 5.28. The van der Waals surface area contributed by atoms with Crippen molar-refractivity contribution >= 4 is 16.8 Å². The monoisotopic (exact) mass is 453 g/mol. The Bertz CT molecular complexity index is 1190. The third kappa shape index (κ3) is 4.10. The summed E-state index contributed by atoms with van der Waals surface area (Å²) in [4.78, 5) is 17.7. The highest BCUT2D eigenvalue weighted by Crippen LogP contribution is 2.36. The molecule has 2 aromatic carbocycles. The highest BCUT2D eigenvalue weighted by Gasteiger charge is 2.35. The van der Waals surface area contributed by atoms with Crippen LogP contribution in [0.5, 0.6) is 5.75 Å². The third-order valence-electron chi connectivity index (χ3n) is 7.38. The van der Waals surface area contributed by atoms with Gasteiger partial charge < -0.3 is 15.5 Å². The van der Waals surface area contributed by atoms with Crippen molar-refractivity contribution in [3.63, 3.8) is 0 Å². The number of halogens is 2. The van der Waals surface area contributed by atoms with Crippen LogP contribution in [0.1, 0.15) is 60.0 Å². The number of hydrogen-bond acceptors (Lipinski definition) is 3. The highest BCUT2D eigenvalue weighted by atomic mass is 19.1. The van der Waals surface area contributed by atoms with Crippen LogP contribution in [0, 0.1) is 11.6 Å². The maximum absolute atomic E-state index is 14.3. The highest BCUT2D eigenvalue weighted by molar-refractivity contribution is 5.95. The zero-order valence-electron chi connectivity index (χ0n) is 18.7. The van der Waals surface area contributed by atoms with Crippen molar-refractivity contribution < 1.29 is 18.3 Å². The standard InChI is InChI=1S/C26H29F2N3O2/c1-15(22-13-30-24-8-5-16(27)11-20(22)24)9-10-31(17-3-2-4-17)18-12-21-19(26(29)32)6-7-23(28)25(21)33-14-18/h5-8,11,13,15,17-18,30H,2-4,9-10,12,14H2,1H3,(H2,29,32)/t15-,18+/m0/s1. The SMILES string of the molecule is C[C@@H](CCN(C1CCC1)[C@H]1COc2c(F)ccc(C(N)=O)c2C1)c1c[nH]c2ccc(F)cc12. The molecular formula is C26H29F2N3O2. The average Bonchev–Trinajstić information content (AvgIpc) is 3.18. The van der Waals surface area contributed by atoms with E-state index in [1.165, 1.54) is 24.6 Å². The Morgan fingerprint density at radius 1 is 1.24 bits per heavy atom. The second kappa shape index (κ2) is 8.78. The Balaban J connectivity index is 1.35. The lowest BCUT2D eigenvalue weighted by atomic mass is 9.87. The molecule has 5 rings (SSSR count). The van der Waals surface area contributed by atoms with Crippen LogP contribution in [-0.2, 0) is 6.42 Å². The molecule has 1 saturated carbocycles. The van der Waals surface area contributed by atoms with E-state index in [4.69, 9.17) is 10.5 Å². The summed E-state index contributed by atoms with van der Waals surface area (Å²) < 4.78 is 34.0. The number of benzene rings is 2. The Kier molecular flexibility index (Phi) is 5.83. The summed E-state index contributed by atoms with van der Waals surface area (Å²) in [6.07, 6.45) is 6.86. The number of nitrogens with two attached hydrogens (primary N) is 1. The molecule has 3 N–H and O–H groups in total. The van der Waals surface area contributed by atoms with Crippen molar-refractivity contribution in [2.45, 2.75) is 57.0 Å². The second-order valence-electron chi connectivity index (χ2n) is 9.38. The van der Waals surface area contributed by atoms with E-state index in [-0.39, 0.29) is 23.5 Å². The summed E-state index contributed by atoms with van der Waals surface area (Å²) in [5, 5.41) is 0.925. The Morgan fingerprint density at radius 3 is 2.79 bits per heavy atom. The largest absolute Gasteiger partial charge is 0.489 e. The van der Waals surface area contributed by atoms with Crippen LogP contribution in [0.4, 0.5) is 8.78 Å². The lowest BCUT2D eigenvalue weighted by molar-refractivity contribution is 0.0409. The number of primary amides is 1. The van der Waals surface area contributed by atoms with E-state index in [0.717, 1.165) is 42.3 Å². The molecule has 1 fully saturated rings. The fraction of sp³-hybridized carbons (Fsp3) is 0.423. The number of H-pyrrole nitrogens is 1. The maximum atomic E-state index is 14.3. The number of rotatable bonds is 7. The van der Waals surface area contributed by atoms with Gasteiger partial charge in [0, 0.05) is 40.3 Å². The van der Waals surface area contributed by atoms with Gasteiger partial charge in [-0.2, -0.15) is 0 Å².